The summed E-state index contributed by atoms with van der Waals surface area (Å²) in [4.78, 5) is 0. The second kappa shape index (κ2) is 6.23. The molecule has 1 saturated carbocycles. The Morgan fingerprint density at radius 1 is 1.20 bits per heavy atom. The Labute approximate surface area is 154 Å². The second-order valence-electron chi connectivity index (χ2n) is 10.2. The quantitative estimate of drug-likeness (QED) is 0.654. The molecule has 2 aliphatic carbocycles. The van der Waals surface area contributed by atoms with E-state index in [0.717, 1.165) is 24.8 Å². The van der Waals surface area contributed by atoms with E-state index in [-0.39, 0.29) is 23.2 Å². The summed E-state index contributed by atoms with van der Waals surface area (Å²) < 4.78 is 7.06. The van der Waals surface area contributed by atoms with Crippen LogP contribution in [0.4, 0.5) is 0 Å². The van der Waals surface area contributed by atoms with Gasteiger partial charge in [0.15, 0.2) is 0 Å². The van der Waals surface area contributed by atoms with Crippen molar-refractivity contribution in [1.29, 1.82) is 0 Å². The summed E-state index contributed by atoms with van der Waals surface area (Å²) in [5.74, 6) is 0.703. The maximum Gasteiger partial charge on any atom is 0.0953 e. The highest BCUT2D eigenvalue weighted by Crippen LogP contribution is 2.66. The third-order valence-corrected chi connectivity index (χ3v) is 8.01. The monoisotopic (exact) mass is 346 g/mol. The molecule has 0 aromatic carbocycles. The smallest absolute Gasteiger partial charge is 0.0953 e. The standard InChI is InChI=1S/C23H38O2/c1-17(16-24)10-13-21(5)14-15-23(25-21)18(2)8-9-19-20(3,4)11-7-12-22(19,23)6/h8,10,19,24H,7,9,11-16H2,1-6H3/b17-10+/t19-,21+,22-,23+/m0/s1. The molecule has 1 heterocycles. The number of aliphatic hydroxyl groups excluding tert-OH is 1. The van der Waals surface area contributed by atoms with Crippen molar-refractivity contribution in [1.82, 2.24) is 0 Å². The third kappa shape index (κ3) is 2.94. The van der Waals surface area contributed by atoms with E-state index in [1.807, 2.05) is 6.92 Å². The predicted molar refractivity (Wildman–Crippen MR) is 105 cm³/mol. The minimum Gasteiger partial charge on any atom is -0.392 e. The van der Waals surface area contributed by atoms with Crippen LogP contribution in [0, 0.1) is 16.7 Å². The Kier molecular flexibility index (Phi) is 4.78. The van der Waals surface area contributed by atoms with E-state index in [0.29, 0.717) is 11.3 Å². The Morgan fingerprint density at radius 3 is 2.60 bits per heavy atom. The summed E-state index contributed by atoms with van der Waals surface area (Å²) in [6, 6.07) is 0. The molecule has 0 amide bonds. The van der Waals surface area contributed by atoms with Crippen LogP contribution in [0.3, 0.4) is 0 Å². The Bertz CT molecular complexity index is 587. The number of ether oxygens (including phenoxy) is 1. The average Bonchev–Trinajstić information content (AvgIpc) is 2.90. The first-order valence-electron chi connectivity index (χ1n) is 10.2. The Hall–Kier alpha value is -0.600. The molecule has 0 bridgehead atoms. The fourth-order valence-corrected chi connectivity index (χ4v) is 6.34. The molecular formula is C23H38O2. The Morgan fingerprint density at radius 2 is 1.92 bits per heavy atom. The van der Waals surface area contributed by atoms with E-state index in [2.05, 4.69) is 46.8 Å². The van der Waals surface area contributed by atoms with Crippen LogP contribution in [0.15, 0.2) is 23.3 Å². The van der Waals surface area contributed by atoms with Gasteiger partial charge in [-0.2, -0.15) is 0 Å². The van der Waals surface area contributed by atoms with Crippen molar-refractivity contribution >= 4 is 0 Å². The summed E-state index contributed by atoms with van der Waals surface area (Å²) in [7, 11) is 0. The molecule has 1 N–H and O–H groups in total. The van der Waals surface area contributed by atoms with Gasteiger partial charge in [-0.3, -0.25) is 0 Å². The molecule has 0 aromatic heterocycles. The molecule has 142 valence electrons. The molecule has 1 spiro atoms. The van der Waals surface area contributed by atoms with Gasteiger partial charge in [0.25, 0.3) is 0 Å². The van der Waals surface area contributed by atoms with Crippen LogP contribution in [-0.2, 0) is 4.74 Å². The summed E-state index contributed by atoms with van der Waals surface area (Å²) in [5, 5.41) is 9.31. The largest absolute Gasteiger partial charge is 0.392 e. The van der Waals surface area contributed by atoms with Crippen LogP contribution in [-0.4, -0.2) is 22.9 Å². The maximum atomic E-state index is 9.31. The molecule has 1 saturated heterocycles. The van der Waals surface area contributed by atoms with E-state index < -0.39 is 0 Å². The highest BCUT2D eigenvalue weighted by Gasteiger charge is 2.64. The van der Waals surface area contributed by atoms with Crippen LogP contribution >= 0.6 is 0 Å². The lowest BCUT2D eigenvalue weighted by Crippen LogP contribution is -2.59. The van der Waals surface area contributed by atoms with Gasteiger partial charge >= 0.3 is 0 Å². The number of aliphatic hydroxyl groups is 1. The number of fused-ring (bicyclic) bond motifs is 2. The maximum absolute atomic E-state index is 9.31. The molecule has 3 rings (SSSR count). The summed E-state index contributed by atoms with van der Waals surface area (Å²) in [6.07, 6.45) is 13.0. The van der Waals surface area contributed by atoms with Gasteiger partial charge in [-0.1, -0.05) is 44.9 Å². The van der Waals surface area contributed by atoms with E-state index in [1.54, 1.807) is 0 Å². The molecule has 4 atom stereocenters. The topological polar surface area (TPSA) is 29.5 Å². The summed E-state index contributed by atoms with van der Waals surface area (Å²) in [5.41, 5.74) is 2.94. The lowest BCUT2D eigenvalue weighted by molar-refractivity contribution is -0.187. The van der Waals surface area contributed by atoms with Crippen LogP contribution in [0.2, 0.25) is 0 Å². The lowest BCUT2D eigenvalue weighted by Gasteiger charge is -2.61. The lowest BCUT2D eigenvalue weighted by atomic mass is 9.46. The van der Waals surface area contributed by atoms with E-state index >= 15 is 0 Å². The number of hydrogen-bond donors (Lipinski definition) is 1. The zero-order chi connectivity index (χ0) is 18.5. The zero-order valence-corrected chi connectivity index (χ0v) is 17.2. The van der Waals surface area contributed by atoms with Crippen molar-refractivity contribution in [2.75, 3.05) is 6.61 Å². The van der Waals surface area contributed by atoms with Gasteiger partial charge in [-0.05, 0) is 76.2 Å². The van der Waals surface area contributed by atoms with Gasteiger partial charge in [0.2, 0.25) is 0 Å². The molecule has 0 unspecified atom stereocenters. The highest BCUT2D eigenvalue weighted by atomic mass is 16.5. The molecule has 2 nitrogen and oxygen atoms in total. The second-order valence-corrected chi connectivity index (χ2v) is 10.2. The average molecular weight is 347 g/mol. The number of hydrogen-bond acceptors (Lipinski definition) is 2. The number of allylic oxidation sites excluding steroid dienone is 1. The highest BCUT2D eigenvalue weighted by molar-refractivity contribution is 5.30. The van der Waals surface area contributed by atoms with Crippen molar-refractivity contribution in [3.05, 3.63) is 23.3 Å². The first-order chi connectivity index (χ1) is 11.6. The fraction of sp³-hybridized carbons (Fsp3) is 0.826. The molecule has 3 aliphatic rings. The molecule has 1 aliphatic heterocycles. The SMILES string of the molecule is CC1=CC[C@H]2C(C)(C)CCC[C@]2(C)[C@@]12CC[C@@](C)(C/C=C(\C)CO)O2. The van der Waals surface area contributed by atoms with Gasteiger partial charge in [-0.15, -0.1) is 0 Å². The Balaban J connectivity index is 1.94. The predicted octanol–water partition coefficient (Wildman–Crippen LogP) is 5.81. The van der Waals surface area contributed by atoms with E-state index in [4.69, 9.17) is 4.74 Å². The zero-order valence-electron chi connectivity index (χ0n) is 17.2. The van der Waals surface area contributed by atoms with Crippen molar-refractivity contribution in [3.63, 3.8) is 0 Å². The van der Waals surface area contributed by atoms with E-state index in [1.165, 1.54) is 31.3 Å². The molecule has 0 aromatic rings. The van der Waals surface area contributed by atoms with Gasteiger partial charge in [-0.25, -0.2) is 0 Å². The molecule has 2 fully saturated rings. The van der Waals surface area contributed by atoms with E-state index in [9.17, 15) is 5.11 Å². The third-order valence-electron chi connectivity index (χ3n) is 8.01. The fourth-order valence-electron chi connectivity index (χ4n) is 6.34. The van der Waals surface area contributed by atoms with Gasteiger partial charge in [0, 0.05) is 5.41 Å². The normalized spacial score (nSPS) is 43.9. The van der Waals surface area contributed by atoms with Crippen LogP contribution in [0.1, 0.15) is 86.5 Å². The minimum atomic E-state index is -0.113. The molecular weight excluding hydrogens is 308 g/mol. The molecule has 0 radical (unpaired) electrons. The molecule has 2 heteroatoms. The molecule has 25 heavy (non-hydrogen) atoms. The minimum absolute atomic E-state index is 0.0939. The summed E-state index contributed by atoms with van der Waals surface area (Å²) >= 11 is 0. The summed E-state index contributed by atoms with van der Waals surface area (Å²) in [6.45, 7) is 14.2. The first kappa shape index (κ1) is 19.2. The van der Waals surface area contributed by atoms with Gasteiger partial charge in [0.1, 0.15) is 0 Å². The van der Waals surface area contributed by atoms with Crippen LogP contribution in [0.5, 0.6) is 0 Å². The van der Waals surface area contributed by atoms with Crippen molar-refractivity contribution < 1.29 is 9.84 Å². The van der Waals surface area contributed by atoms with Crippen LogP contribution in [0.25, 0.3) is 0 Å². The van der Waals surface area contributed by atoms with Crippen LogP contribution < -0.4 is 0 Å². The first-order valence-corrected chi connectivity index (χ1v) is 10.2. The number of rotatable bonds is 3. The van der Waals surface area contributed by atoms with Crippen molar-refractivity contribution in [2.24, 2.45) is 16.7 Å². The van der Waals surface area contributed by atoms with Crippen molar-refractivity contribution in [2.45, 2.75) is 97.7 Å². The van der Waals surface area contributed by atoms with Gasteiger partial charge in [0.05, 0.1) is 17.8 Å². The van der Waals surface area contributed by atoms with Crippen molar-refractivity contribution in [3.8, 4) is 0 Å². The van der Waals surface area contributed by atoms with Gasteiger partial charge < -0.3 is 9.84 Å².